The summed E-state index contributed by atoms with van der Waals surface area (Å²) in [7, 11) is 0. The molecule has 1 aliphatic heterocycles. The first-order valence-electron chi connectivity index (χ1n) is 4.91. The van der Waals surface area contributed by atoms with E-state index in [1.54, 1.807) is 6.92 Å². The van der Waals surface area contributed by atoms with Gasteiger partial charge in [-0.1, -0.05) is 6.92 Å². The van der Waals surface area contributed by atoms with Crippen LogP contribution in [0.4, 0.5) is 0 Å². The molecule has 0 aromatic heterocycles. The third-order valence-electron chi connectivity index (χ3n) is 2.48. The fourth-order valence-electron chi connectivity index (χ4n) is 1.57. The van der Waals surface area contributed by atoms with Gasteiger partial charge in [0.05, 0.1) is 6.04 Å². The van der Waals surface area contributed by atoms with Crippen molar-refractivity contribution in [1.29, 1.82) is 0 Å². The number of likely N-dealkylation sites (N-methyl/N-ethyl adjacent to an activating group) is 1. The van der Waals surface area contributed by atoms with Gasteiger partial charge in [0.25, 0.3) is 0 Å². The summed E-state index contributed by atoms with van der Waals surface area (Å²) >= 11 is 0. The minimum Gasteiger partial charge on any atom is -0.351 e. The van der Waals surface area contributed by atoms with E-state index in [1.807, 2.05) is 0 Å². The zero-order valence-electron chi connectivity index (χ0n) is 8.42. The molecule has 1 unspecified atom stereocenters. The molecule has 13 heavy (non-hydrogen) atoms. The molecule has 1 amide bonds. The van der Waals surface area contributed by atoms with Crippen molar-refractivity contribution in [3.8, 4) is 0 Å². The van der Waals surface area contributed by atoms with Gasteiger partial charge in [-0.15, -0.1) is 0 Å². The minimum absolute atomic E-state index is 0.0389. The van der Waals surface area contributed by atoms with Crippen LogP contribution in [0.3, 0.4) is 0 Å². The van der Waals surface area contributed by atoms with Crippen molar-refractivity contribution in [1.82, 2.24) is 10.2 Å². The molecule has 0 spiro atoms. The molecule has 0 aliphatic carbocycles. The standard InChI is InChI=1S/C9H19N3O/c1-3-12-5-4-8(6-12)11-9(13)7(2)10/h7-8H,3-6,10H2,1-2H3,(H,11,13)/t7-,8?/m0/s1. The number of nitrogens with one attached hydrogen (secondary N) is 1. The molecule has 1 aliphatic rings. The predicted octanol–water partition coefficient (Wildman–Crippen LogP) is -0.456. The summed E-state index contributed by atoms with van der Waals surface area (Å²) in [5.41, 5.74) is 5.46. The van der Waals surface area contributed by atoms with Crippen molar-refractivity contribution in [2.24, 2.45) is 5.73 Å². The Balaban J connectivity index is 2.28. The molecule has 2 atom stereocenters. The molecule has 1 fully saturated rings. The highest BCUT2D eigenvalue weighted by molar-refractivity contribution is 5.81. The van der Waals surface area contributed by atoms with Crippen molar-refractivity contribution in [2.75, 3.05) is 19.6 Å². The Bertz CT molecular complexity index is 182. The van der Waals surface area contributed by atoms with Crippen LogP contribution in [-0.2, 0) is 4.79 Å². The second-order valence-electron chi connectivity index (χ2n) is 3.68. The molecule has 4 nitrogen and oxygen atoms in total. The van der Waals surface area contributed by atoms with Gasteiger partial charge < -0.3 is 16.0 Å². The maximum atomic E-state index is 11.2. The lowest BCUT2D eigenvalue weighted by Crippen LogP contribution is -2.44. The molecule has 76 valence electrons. The van der Waals surface area contributed by atoms with Crippen molar-refractivity contribution in [3.63, 3.8) is 0 Å². The fraction of sp³-hybridized carbons (Fsp3) is 0.889. The maximum Gasteiger partial charge on any atom is 0.236 e. The summed E-state index contributed by atoms with van der Waals surface area (Å²) in [6.45, 7) is 6.96. The van der Waals surface area contributed by atoms with Gasteiger partial charge in [-0.25, -0.2) is 0 Å². The second kappa shape index (κ2) is 4.58. The Morgan fingerprint density at radius 2 is 2.46 bits per heavy atom. The molecule has 0 radical (unpaired) electrons. The first kappa shape index (κ1) is 10.5. The quantitative estimate of drug-likeness (QED) is 0.626. The molecule has 4 heteroatoms. The van der Waals surface area contributed by atoms with Crippen LogP contribution in [-0.4, -0.2) is 42.5 Å². The van der Waals surface area contributed by atoms with Crippen LogP contribution >= 0.6 is 0 Å². The van der Waals surface area contributed by atoms with Crippen molar-refractivity contribution < 1.29 is 4.79 Å². The Hall–Kier alpha value is -0.610. The largest absolute Gasteiger partial charge is 0.351 e. The van der Waals surface area contributed by atoms with Crippen molar-refractivity contribution in [3.05, 3.63) is 0 Å². The van der Waals surface area contributed by atoms with E-state index < -0.39 is 6.04 Å². The third-order valence-corrected chi connectivity index (χ3v) is 2.48. The normalized spacial score (nSPS) is 25.9. The van der Waals surface area contributed by atoms with E-state index in [4.69, 9.17) is 5.73 Å². The van der Waals surface area contributed by atoms with E-state index >= 15 is 0 Å². The van der Waals surface area contributed by atoms with E-state index in [2.05, 4.69) is 17.1 Å². The molecule has 0 saturated carbocycles. The second-order valence-corrected chi connectivity index (χ2v) is 3.68. The summed E-state index contributed by atoms with van der Waals surface area (Å²) in [6.07, 6.45) is 1.05. The summed E-state index contributed by atoms with van der Waals surface area (Å²) in [5.74, 6) is -0.0389. The molecule has 1 heterocycles. The van der Waals surface area contributed by atoms with Crippen LogP contribution in [0.1, 0.15) is 20.3 Å². The summed E-state index contributed by atoms with van der Waals surface area (Å²) in [6, 6.07) is -0.0888. The average Bonchev–Trinajstić information content (AvgIpc) is 2.52. The van der Waals surface area contributed by atoms with Gasteiger partial charge in [-0.2, -0.15) is 0 Å². The molecular formula is C9H19N3O. The Labute approximate surface area is 79.5 Å². The van der Waals surface area contributed by atoms with E-state index in [0.717, 1.165) is 26.1 Å². The van der Waals surface area contributed by atoms with Crippen molar-refractivity contribution in [2.45, 2.75) is 32.4 Å². The number of nitrogens with two attached hydrogens (primary N) is 1. The highest BCUT2D eigenvalue weighted by Crippen LogP contribution is 2.07. The number of amides is 1. The first-order valence-corrected chi connectivity index (χ1v) is 4.91. The number of carbonyl (C=O) groups is 1. The van der Waals surface area contributed by atoms with Gasteiger partial charge >= 0.3 is 0 Å². The lowest BCUT2D eigenvalue weighted by Gasteiger charge is -2.15. The molecular weight excluding hydrogens is 166 g/mol. The van der Waals surface area contributed by atoms with Crippen molar-refractivity contribution >= 4 is 5.91 Å². The van der Waals surface area contributed by atoms with Gasteiger partial charge in [0.1, 0.15) is 0 Å². The van der Waals surface area contributed by atoms with Gasteiger partial charge in [-0.3, -0.25) is 4.79 Å². The summed E-state index contributed by atoms with van der Waals surface area (Å²) in [4.78, 5) is 13.6. The highest BCUT2D eigenvalue weighted by atomic mass is 16.2. The number of nitrogens with zero attached hydrogens (tertiary/aromatic N) is 1. The number of likely N-dealkylation sites (tertiary alicyclic amines) is 1. The fourth-order valence-corrected chi connectivity index (χ4v) is 1.57. The van der Waals surface area contributed by atoms with E-state index in [-0.39, 0.29) is 5.91 Å². The van der Waals surface area contributed by atoms with Gasteiger partial charge in [-0.05, 0) is 19.9 Å². The summed E-state index contributed by atoms with van der Waals surface area (Å²) in [5, 5.41) is 2.94. The van der Waals surface area contributed by atoms with E-state index in [0.29, 0.717) is 6.04 Å². The van der Waals surface area contributed by atoms with E-state index in [1.165, 1.54) is 0 Å². The van der Waals surface area contributed by atoms with Gasteiger partial charge in [0.15, 0.2) is 0 Å². The molecule has 1 saturated heterocycles. The number of hydrogen-bond donors (Lipinski definition) is 2. The third kappa shape index (κ3) is 2.97. The zero-order chi connectivity index (χ0) is 9.84. The summed E-state index contributed by atoms with van der Waals surface area (Å²) < 4.78 is 0. The Morgan fingerprint density at radius 1 is 1.77 bits per heavy atom. The van der Waals surface area contributed by atoms with Crippen LogP contribution in [0, 0.1) is 0 Å². The monoisotopic (exact) mass is 185 g/mol. The lowest BCUT2D eigenvalue weighted by molar-refractivity contribution is -0.122. The molecule has 3 N–H and O–H groups in total. The number of hydrogen-bond acceptors (Lipinski definition) is 3. The van der Waals surface area contributed by atoms with Crippen LogP contribution in [0.2, 0.25) is 0 Å². The molecule has 0 bridgehead atoms. The van der Waals surface area contributed by atoms with Crippen LogP contribution in [0.15, 0.2) is 0 Å². The van der Waals surface area contributed by atoms with Gasteiger partial charge in [0, 0.05) is 19.1 Å². The maximum absolute atomic E-state index is 11.2. The minimum atomic E-state index is -0.393. The zero-order valence-corrected chi connectivity index (χ0v) is 8.42. The molecule has 0 aromatic carbocycles. The van der Waals surface area contributed by atoms with E-state index in [9.17, 15) is 4.79 Å². The molecule has 1 rings (SSSR count). The van der Waals surface area contributed by atoms with Crippen LogP contribution < -0.4 is 11.1 Å². The lowest BCUT2D eigenvalue weighted by atomic mass is 10.2. The highest BCUT2D eigenvalue weighted by Gasteiger charge is 2.23. The van der Waals surface area contributed by atoms with Crippen LogP contribution in [0.5, 0.6) is 0 Å². The van der Waals surface area contributed by atoms with Gasteiger partial charge in [0.2, 0.25) is 5.91 Å². The number of rotatable bonds is 3. The Morgan fingerprint density at radius 3 is 2.92 bits per heavy atom. The number of carbonyl (C=O) groups excluding carboxylic acids is 1. The topological polar surface area (TPSA) is 58.4 Å². The predicted molar refractivity (Wildman–Crippen MR) is 52.3 cm³/mol. The smallest absolute Gasteiger partial charge is 0.236 e. The molecule has 0 aromatic rings. The Kier molecular flexibility index (Phi) is 3.69. The van der Waals surface area contributed by atoms with Crippen LogP contribution in [0.25, 0.3) is 0 Å². The average molecular weight is 185 g/mol. The SMILES string of the molecule is CCN1CCC(NC(=O)[C@H](C)N)C1. The first-order chi connectivity index (χ1) is 6.13.